The topological polar surface area (TPSA) is 114 Å². The third-order valence-corrected chi connectivity index (χ3v) is 5.66. The molecule has 8 heteroatoms. The van der Waals surface area contributed by atoms with Crippen LogP contribution in [0.3, 0.4) is 0 Å². The Morgan fingerprint density at radius 2 is 1.88 bits per heavy atom. The number of hydrogen-bond acceptors (Lipinski definition) is 6. The first kappa shape index (κ1) is 21.5. The lowest BCUT2D eigenvalue weighted by molar-refractivity contribution is -0.116. The molecule has 3 aromatic rings. The van der Waals surface area contributed by atoms with Gasteiger partial charge in [-0.25, -0.2) is 0 Å². The molecule has 0 saturated carbocycles. The van der Waals surface area contributed by atoms with Crippen LogP contribution < -0.4 is 16.0 Å². The quantitative estimate of drug-likeness (QED) is 0.561. The molecule has 2 amide bonds. The minimum atomic E-state index is -0.529. The van der Waals surface area contributed by atoms with Crippen LogP contribution in [-0.4, -0.2) is 35.0 Å². The predicted molar refractivity (Wildman–Crippen MR) is 122 cm³/mol. The third kappa shape index (κ3) is 4.96. The van der Waals surface area contributed by atoms with Crippen molar-refractivity contribution in [1.29, 1.82) is 0 Å². The molecule has 0 radical (unpaired) electrons. The number of nitrogens with one attached hydrogen (secondary N) is 1. The summed E-state index contributed by atoms with van der Waals surface area (Å²) in [5, 5.41) is 6.95. The van der Waals surface area contributed by atoms with Gasteiger partial charge in [-0.05, 0) is 43.0 Å². The number of amides is 2. The van der Waals surface area contributed by atoms with Crippen LogP contribution in [0.25, 0.3) is 11.4 Å². The Morgan fingerprint density at radius 3 is 2.56 bits per heavy atom. The van der Waals surface area contributed by atoms with E-state index in [4.69, 9.17) is 10.3 Å². The highest BCUT2D eigenvalue weighted by molar-refractivity contribution is 5.99. The van der Waals surface area contributed by atoms with E-state index in [9.17, 15) is 9.59 Å². The fraction of sp³-hybridized carbons (Fsp3) is 0.333. The average Bonchev–Trinajstić information content (AvgIpc) is 3.50. The first-order chi connectivity index (χ1) is 15.5. The molecule has 1 saturated heterocycles. The molecule has 8 nitrogen and oxygen atoms in total. The summed E-state index contributed by atoms with van der Waals surface area (Å²) >= 11 is 0. The first-order valence-corrected chi connectivity index (χ1v) is 10.9. The molecule has 2 aromatic carbocycles. The molecule has 1 aromatic heterocycles. The Kier molecular flexibility index (Phi) is 6.49. The lowest BCUT2D eigenvalue weighted by atomic mass is 10.1. The smallest absolute Gasteiger partial charge is 0.248 e. The number of benzene rings is 2. The zero-order valence-corrected chi connectivity index (χ0v) is 18.1. The summed E-state index contributed by atoms with van der Waals surface area (Å²) in [6.07, 6.45) is 3.67. The van der Waals surface area contributed by atoms with Crippen molar-refractivity contribution in [3.8, 4) is 11.4 Å². The molecule has 3 N–H and O–H groups in total. The molecule has 0 atom stereocenters. The Labute approximate surface area is 186 Å². The second kappa shape index (κ2) is 9.64. The number of anilines is 2. The van der Waals surface area contributed by atoms with Gasteiger partial charge in [-0.2, -0.15) is 4.98 Å². The zero-order valence-electron chi connectivity index (χ0n) is 18.1. The first-order valence-electron chi connectivity index (χ1n) is 10.9. The molecule has 0 aliphatic carbocycles. The summed E-state index contributed by atoms with van der Waals surface area (Å²) in [7, 11) is 0. The highest BCUT2D eigenvalue weighted by Gasteiger charge is 2.19. The molecule has 166 valence electrons. The Bertz CT molecular complexity index is 1100. The minimum absolute atomic E-state index is 0.177. The van der Waals surface area contributed by atoms with E-state index in [1.165, 1.54) is 5.56 Å². The number of hydrogen-bond donors (Lipinski definition) is 2. The number of carbonyl (C=O) groups is 2. The Hall–Kier alpha value is -3.68. The van der Waals surface area contributed by atoms with Crippen LogP contribution in [0.4, 0.5) is 11.4 Å². The molecule has 0 spiro atoms. The van der Waals surface area contributed by atoms with E-state index < -0.39 is 5.91 Å². The highest BCUT2D eigenvalue weighted by Crippen LogP contribution is 2.30. The maximum atomic E-state index is 12.6. The van der Waals surface area contributed by atoms with E-state index in [2.05, 4.69) is 27.3 Å². The largest absolute Gasteiger partial charge is 0.370 e. The van der Waals surface area contributed by atoms with E-state index in [-0.39, 0.29) is 12.3 Å². The molecule has 1 fully saturated rings. The van der Waals surface area contributed by atoms with Crippen molar-refractivity contribution < 1.29 is 14.1 Å². The predicted octanol–water partition coefficient (Wildman–Crippen LogP) is 3.57. The van der Waals surface area contributed by atoms with Crippen molar-refractivity contribution in [2.24, 2.45) is 5.73 Å². The molecule has 1 aliphatic rings. The van der Waals surface area contributed by atoms with Crippen LogP contribution in [0, 0.1) is 0 Å². The van der Waals surface area contributed by atoms with Crippen LogP contribution >= 0.6 is 0 Å². The summed E-state index contributed by atoms with van der Waals surface area (Å²) < 4.78 is 5.32. The summed E-state index contributed by atoms with van der Waals surface area (Å²) in [5.74, 6) is 0.187. The van der Waals surface area contributed by atoms with Crippen molar-refractivity contribution in [2.45, 2.75) is 39.0 Å². The van der Waals surface area contributed by atoms with Crippen LogP contribution in [0.1, 0.15) is 48.0 Å². The number of nitrogens with two attached hydrogens (primary N) is 1. The lowest BCUT2D eigenvalue weighted by Crippen LogP contribution is -2.22. The van der Waals surface area contributed by atoms with Crippen LogP contribution in [0.15, 0.2) is 47.0 Å². The number of primary amides is 1. The lowest BCUT2D eigenvalue weighted by Gasteiger charge is -2.22. The van der Waals surface area contributed by atoms with Crippen LogP contribution in [-0.2, 0) is 17.6 Å². The highest BCUT2D eigenvalue weighted by atomic mass is 16.5. The number of rotatable bonds is 8. The summed E-state index contributed by atoms with van der Waals surface area (Å²) in [6, 6.07) is 13.2. The number of aryl methyl sites for hydroxylation is 2. The van der Waals surface area contributed by atoms with Gasteiger partial charge in [-0.3, -0.25) is 9.59 Å². The van der Waals surface area contributed by atoms with Gasteiger partial charge in [0.1, 0.15) is 0 Å². The molecule has 2 heterocycles. The standard InChI is InChI=1S/C24H27N5O3/c1-2-16-5-7-17(8-6-16)24-27-22(32-28-24)12-11-21(30)26-19-15-18(23(25)31)9-10-20(19)29-13-3-4-14-29/h5-10,15H,2-4,11-14H2,1H3,(H2,25,31)(H,26,30). The van der Waals surface area contributed by atoms with E-state index in [1.54, 1.807) is 12.1 Å². The van der Waals surface area contributed by atoms with Crippen molar-refractivity contribution in [2.75, 3.05) is 23.3 Å². The van der Waals surface area contributed by atoms with Crippen molar-refractivity contribution in [3.63, 3.8) is 0 Å². The zero-order chi connectivity index (χ0) is 22.5. The maximum absolute atomic E-state index is 12.6. The van der Waals surface area contributed by atoms with Gasteiger partial charge in [-0.1, -0.05) is 36.3 Å². The van der Waals surface area contributed by atoms with Crippen LogP contribution in [0.5, 0.6) is 0 Å². The summed E-state index contributed by atoms with van der Waals surface area (Å²) in [4.78, 5) is 30.9. The van der Waals surface area contributed by atoms with Gasteiger partial charge in [0.25, 0.3) is 0 Å². The van der Waals surface area contributed by atoms with Gasteiger partial charge in [0.05, 0.1) is 11.4 Å². The van der Waals surface area contributed by atoms with Gasteiger partial charge in [-0.15, -0.1) is 0 Å². The fourth-order valence-electron chi connectivity index (χ4n) is 3.82. The molecule has 0 bridgehead atoms. The summed E-state index contributed by atoms with van der Waals surface area (Å²) in [6.45, 7) is 3.94. The molecular weight excluding hydrogens is 406 g/mol. The molecular formula is C24H27N5O3. The normalized spacial score (nSPS) is 13.3. The number of carbonyl (C=O) groups excluding carboxylic acids is 2. The van der Waals surface area contributed by atoms with Crippen molar-refractivity contribution in [3.05, 3.63) is 59.5 Å². The van der Waals surface area contributed by atoms with Crippen molar-refractivity contribution in [1.82, 2.24) is 10.1 Å². The Balaban J connectivity index is 1.41. The monoisotopic (exact) mass is 433 g/mol. The number of nitrogens with zero attached hydrogens (tertiary/aromatic N) is 3. The Morgan fingerprint density at radius 1 is 1.12 bits per heavy atom. The van der Waals surface area contributed by atoms with Gasteiger partial charge >= 0.3 is 0 Å². The van der Waals surface area contributed by atoms with Gasteiger partial charge < -0.3 is 20.5 Å². The van der Waals surface area contributed by atoms with Crippen LogP contribution in [0.2, 0.25) is 0 Å². The molecule has 1 aliphatic heterocycles. The average molecular weight is 434 g/mol. The van der Waals surface area contributed by atoms with E-state index in [1.807, 2.05) is 30.3 Å². The molecule has 32 heavy (non-hydrogen) atoms. The molecule has 4 rings (SSSR count). The second-order valence-electron chi connectivity index (χ2n) is 7.90. The van der Waals surface area contributed by atoms with Gasteiger partial charge in [0.15, 0.2) is 0 Å². The van der Waals surface area contributed by atoms with E-state index in [0.29, 0.717) is 29.4 Å². The SMILES string of the molecule is CCc1ccc(-c2noc(CCC(=O)Nc3cc(C(N)=O)ccc3N3CCCC3)n2)cc1. The minimum Gasteiger partial charge on any atom is -0.370 e. The van der Waals surface area contributed by atoms with Gasteiger partial charge in [0.2, 0.25) is 23.5 Å². The summed E-state index contributed by atoms with van der Waals surface area (Å²) in [5.41, 5.74) is 9.39. The third-order valence-electron chi connectivity index (χ3n) is 5.66. The second-order valence-corrected chi connectivity index (χ2v) is 7.90. The van der Waals surface area contributed by atoms with E-state index >= 15 is 0 Å². The molecule has 0 unspecified atom stereocenters. The van der Waals surface area contributed by atoms with Crippen molar-refractivity contribution >= 4 is 23.2 Å². The maximum Gasteiger partial charge on any atom is 0.248 e. The van der Waals surface area contributed by atoms with E-state index in [0.717, 1.165) is 43.6 Å². The van der Waals surface area contributed by atoms with Gasteiger partial charge in [0, 0.05) is 37.1 Å². The fourth-order valence-corrected chi connectivity index (χ4v) is 3.82. The number of aromatic nitrogens is 2.